The molecule has 3 rings (SSSR count). The normalized spacial score (nSPS) is 18.4. The summed E-state index contributed by atoms with van der Waals surface area (Å²) in [6, 6.07) is 16.2. The number of carbonyl (C=O) groups is 1. The number of rotatable bonds is 3. The maximum Gasteiger partial charge on any atom is 0.282 e. The Labute approximate surface area is 139 Å². The van der Waals surface area contributed by atoms with E-state index >= 15 is 0 Å². The van der Waals surface area contributed by atoms with E-state index in [1.165, 1.54) is 16.0 Å². The highest BCUT2D eigenvalue weighted by Gasteiger charge is 2.28. The number of halogens is 1. The van der Waals surface area contributed by atoms with Gasteiger partial charge >= 0.3 is 0 Å². The van der Waals surface area contributed by atoms with E-state index in [1.54, 1.807) is 0 Å². The maximum atomic E-state index is 12.5. The molecule has 2 aromatic rings. The van der Waals surface area contributed by atoms with Crippen LogP contribution in [0.1, 0.15) is 18.1 Å². The zero-order valence-electron chi connectivity index (χ0n) is 12.6. The first-order chi connectivity index (χ1) is 10.6. The average Bonchev–Trinajstić information content (AvgIpc) is 2.55. The van der Waals surface area contributed by atoms with E-state index in [2.05, 4.69) is 45.5 Å². The fourth-order valence-electron chi connectivity index (χ4n) is 2.94. The molecule has 4 heteroatoms. The lowest BCUT2D eigenvalue weighted by atomic mass is 9.99. The smallest absolute Gasteiger partial charge is 0.282 e. The molecule has 1 aliphatic rings. The number of fused-ring (bicyclic) bond motifs is 1. The van der Waals surface area contributed by atoms with Crippen LogP contribution in [-0.4, -0.2) is 18.5 Å². The number of hydrogen-bond acceptors (Lipinski definition) is 1. The molecule has 0 saturated carbocycles. The molecule has 114 valence electrons. The van der Waals surface area contributed by atoms with Gasteiger partial charge in [-0.3, -0.25) is 4.79 Å². The Morgan fingerprint density at radius 1 is 1.14 bits per heavy atom. The van der Waals surface area contributed by atoms with Gasteiger partial charge in [0.05, 0.1) is 6.54 Å². The quantitative estimate of drug-likeness (QED) is 0.866. The van der Waals surface area contributed by atoms with E-state index in [0.717, 1.165) is 29.7 Å². The lowest BCUT2D eigenvalue weighted by Gasteiger charge is -2.30. The summed E-state index contributed by atoms with van der Waals surface area (Å²) in [6.07, 6.45) is 1.04. The van der Waals surface area contributed by atoms with Gasteiger partial charge in [-0.25, -0.2) is 0 Å². The van der Waals surface area contributed by atoms with Crippen molar-refractivity contribution < 1.29 is 9.69 Å². The minimum absolute atomic E-state index is 0.0583. The Balaban J connectivity index is 1.65. The zero-order chi connectivity index (χ0) is 15.5. The monoisotopic (exact) mass is 359 g/mol. The number of amides is 1. The predicted molar refractivity (Wildman–Crippen MR) is 91.9 cm³/mol. The van der Waals surface area contributed by atoms with Crippen molar-refractivity contribution in [1.29, 1.82) is 0 Å². The number of carbonyl (C=O) groups excluding carboxylic acids is 1. The van der Waals surface area contributed by atoms with Crippen LogP contribution >= 0.6 is 15.9 Å². The van der Waals surface area contributed by atoms with Gasteiger partial charge in [-0.2, -0.15) is 0 Å². The summed E-state index contributed by atoms with van der Waals surface area (Å²) in [6.45, 7) is 3.94. The Morgan fingerprint density at radius 2 is 1.82 bits per heavy atom. The molecule has 2 N–H and O–H groups in total. The van der Waals surface area contributed by atoms with Crippen LogP contribution < -0.4 is 10.2 Å². The summed E-state index contributed by atoms with van der Waals surface area (Å²) >= 11 is 3.40. The van der Waals surface area contributed by atoms with Crippen molar-refractivity contribution in [2.45, 2.75) is 25.9 Å². The molecular weight excluding hydrogens is 340 g/mol. The Hall–Kier alpha value is -1.65. The molecule has 1 aliphatic heterocycles. The summed E-state index contributed by atoms with van der Waals surface area (Å²) < 4.78 is 1.01. The molecule has 0 aromatic heterocycles. The third-order valence-corrected chi connectivity index (χ3v) is 4.90. The number of benzene rings is 2. The molecule has 2 atom stereocenters. The predicted octanol–water partition coefficient (Wildman–Crippen LogP) is 2.42. The van der Waals surface area contributed by atoms with Crippen molar-refractivity contribution >= 4 is 27.5 Å². The summed E-state index contributed by atoms with van der Waals surface area (Å²) in [4.78, 5) is 13.8. The first-order valence-corrected chi connectivity index (χ1v) is 8.40. The van der Waals surface area contributed by atoms with Crippen molar-refractivity contribution in [3.05, 3.63) is 64.1 Å². The van der Waals surface area contributed by atoms with Crippen LogP contribution in [0, 0.1) is 0 Å². The summed E-state index contributed by atoms with van der Waals surface area (Å²) in [7, 11) is 0. The van der Waals surface area contributed by atoms with Gasteiger partial charge in [0, 0.05) is 22.1 Å². The van der Waals surface area contributed by atoms with Crippen molar-refractivity contribution in [1.82, 2.24) is 0 Å². The van der Waals surface area contributed by atoms with Gasteiger partial charge in [-0.15, -0.1) is 0 Å². The molecule has 0 fully saturated rings. The topological polar surface area (TPSA) is 33.5 Å². The van der Waals surface area contributed by atoms with Gasteiger partial charge < -0.3 is 10.2 Å². The third kappa shape index (κ3) is 3.39. The fraction of sp³-hybridized carbons (Fsp3) is 0.278. The average molecular weight is 360 g/mol. The van der Waals surface area contributed by atoms with Crippen molar-refractivity contribution in [2.24, 2.45) is 0 Å². The molecule has 1 heterocycles. The highest BCUT2D eigenvalue weighted by molar-refractivity contribution is 9.10. The summed E-state index contributed by atoms with van der Waals surface area (Å²) in [5.74, 6) is 0.0803. The maximum absolute atomic E-state index is 12.5. The van der Waals surface area contributed by atoms with E-state index in [1.807, 2.05) is 31.2 Å². The van der Waals surface area contributed by atoms with Crippen LogP contribution in [0.2, 0.25) is 0 Å². The molecule has 1 amide bonds. The van der Waals surface area contributed by atoms with Crippen LogP contribution in [0.25, 0.3) is 0 Å². The van der Waals surface area contributed by atoms with E-state index in [4.69, 9.17) is 0 Å². The second-order valence-electron chi connectivity index (χ2n) is 5.82. The number of nitrogens with one attached hydrogen (secondary N) is 2. The largest absolute Gasteiger partial charge is 0.321 e. The number of anilines is 1. The fourth-order valence-corrected chi connectivity index (χ4v) is 3.21. The molecule has 2 aromatic carbocycles. The minimum Gasteiger partial charge on any atom is -0.321 e. The van der Waals surface area contributed by atoms with Crippen molar-refractivity contribution in [3.8, 4) is 0 Å². The Morgan fingerprint density at radius 3 is 2.55 bits per heavy atom. The molecule has 1 unspecified atom stereocenters. The summed E-state index contributed by atoms with van der Waals surface area (Å²) in [5.41, 5.74) is 3.63. The lowest BCUT2D eigenvalue weighted by molar-refractivity contribution is -0.929. The highest BCUT2D eigenvalue weighted by Crippen LogP contribution is 2.14. The number of hydrogen-bond donors (Lipinski definition) is 2. The second kappa shape index (κ2) is 6.63. The lowest BCUT2D eigenvalue weighted by Crippen LogP contribution is -3.16. The van der Waals surface area contributed by atoms with Gasteiger partial charge in [0.15, 0.2) is 6.04 Å². The molecule has 0 aliphatic carbocycles. The molecule has 22 heavy (non-hydrogen) atoms. The number of quaternary nitrogens is 1. The van der Waals surface area contributed by atoms with Gasteiger partial charge in [-0.05, 0) is 36.8 Å². The van der Waals surface area contributed by atoms with E-state index in [9.17, 15) is 4.79 Å². The van der Waals surface area contributed by atoms with Gasteiger partial charge in [0.1, 0.15) is 6.54 Å². The molecule has 0 bridgehead atoms. The van der Waals surface area contributed by atoms with Crippen LogP contribution in [0.4, 0.5) is 5.69 Å². The Bertz CT molecular complexity index is 669. The van der Waals surface area contributed by atoms with E-state index < -0.39 is 0 Å². The summed E-state index contributed by atoms with van der Waals surface area (Å²) in [5, 5.41) is 3.01. The molecule has 3 nitrogen and oxygen atoms in total. The SMILES string of the molecule is C[C@@H](C(=O)Nc1ccc(Br)cc1)[NH+]1CCc2ccccc2C1. The molecule has 0 radical (unpaired) electrons. The molecule has 0 saturated heterocycles. The first kappa shape index (κ1) is 15.3. The standard InChI is InChI=1S/C18H19BrN2O/c1-13(18(22)20-17-8-6-16(19)7-9-17)21-11-10-14-4-2-3-5-15(14)12-21/h2-9,13H,10-12H2,1H3,(H,20,22)/p+1/t13-/m0/s1. The van der Waals surface area contributed by atoms with Crippen molar-refractivity contribution in [3.63, 3.8) is 0 Å². The van der Waals surface area contributed by atoms with Crippen LogP contribution in [-0.2, 0) is 17.8 Å². The third-order valence-electron chi connectivity index (χ3n) is 4.37. The van der Waals surface area contributed by atoms with Gasteiger partial charge in [0.25, 0.3) is 5.91 Å². The highest BCUT2D eigenvalue weighted by atomic mass is 79.9. The van der Waals surface area contributed by atoms with E-state index in [-0.39, 0.29) is 11.9 Å². The molecular formula is C18H20BrN2O+. The van der Waals surface area contributed by atoms with Gasteiger partial charge in [0.2, 0.25) is 0 Å². The van der Waals surface area contributed by atoms with Crippen molar-refractivity contribution in [2.75, 3.05) is 11.9 Å². The molecule has 0 spiro atoms. The van der Waals surface area contributed by atoms with Crippen LogP contribution in [0.3, 0.4) is 0 Å². The second-order valence-corrected chi connectivity index (χ2v) is 6.74. The zero-order valence-corrected chi connectivity index (χ0v) is 14.2. The first-order valence-electron chi connectivity index (χ1n) is 7.61. The van der Waals surface area contributed by atoms with Gasteiger partial charge in [-0.1, -0.05) is 40.2 Å². The minimum atomic E-state index is -0.0583. The van der Waals surface area contributed by atoms with E-state index in [0.29, 0.717) is 0 Å². The van der Waals surface area contributed by atoms with Crippen LogP contribution in [0.15, 0.2) is 53.0 Å². The Kier molecular flexibility index (Phi) is 4.60. The van der Waals surface area contributed by atoms with Crippen LogP contribution in [0.5, 0.6) is 0 Å².